The summed E-state index contributed by atoms with van der Waals surface area (Å²) in [7, 11) is -4.16. The smallest absolute Gasteiger partial charge is 0.241 e. The van der Waals surface area contributed by atoms with E-state index < -0.39 is 52.6 Å². The summed E-state index contributed by atoms with van der Waals surface area (Å²) in [6.45, 7) is 2.47. The number of sulfonamides is 1. The lowest BCUT2D eigenvalue weighted by Crippen LogP contribution is -2.55. The molecule has 1 saturated heterocycles. The Kier molecular flexibility index (Phi) is 7.31. The van der Waals surface area contributed by atoms with Crippen LogP contribution in [0.1, 0.15) is 20.3 Å². The van der Waals surface area contributed by atoms with Crippen LogP contribution in [0.5, 0.6) is 0 Å². The van der Waals surface area contributed by atoms with Gasteiger partial charge < -0.3 is 20.3 Å². The number of ketones is 1. The number of ether oxygens (including phenoxy) is 1. The zero-order valence-corrected chi connectivity index (χ0v) is 18.8. The van der Waals surface area contributed by atoms with Crippen molar-refractivity contribution in [2.45, 2.75) is 42.8 Å². The molecule has 0 bridgehead atoms. The normalized spacial score (nSPS) is 20.2. The first-order valence-electron chi connectivity index (χ1n) is 10.3. The van der Waals surface area contributed by atoms with E-state index in [2.05, 4.69) is 10.0 Å². The Balaban J connectivity index is 1.80. The summed E-state index contributed by atoms with van der Waals surface area (Å²) in [6.07, 6.45) is 0.268. The van der Waals surface area contributed by atoms with Crippen LogP contribution in [-0.4, -0.2) is 67.8 Å². The number of carbonyl (C=O) groups is 2. The number of epoxide rings is 1. The zero-order chi connectivity index (χ0) is 23.5. The van der Waals surface area contributed by atoms with Gasteiger partial charge in [-0.2, -0.15) is 4.72 Å². The van der Waals surface area contributed by atoms with Gasteiger partial charge in [0.2, 0.25) is 15.9 Å². The van der Waals surface area contributed by atoms with Crippen LogP contribution >= 0.6 is 0 Å². The third-order valence-corrected chi connectivity index (χ3v) is 6.90. The Labute approximate surface area is 186 Å². The second-order valence-electron chi connectivity index (χ2n) is 8.33. The van der Waals surface area contributed by atoms with E-state index in [1.807, 2.05) is 13.8 Å². The monoisotopic (exact) mass is 464 g/mol. The first kappa shape index (κ1) is 24.3. The van der Waals surface area contributed by atoms with Crippen LogP contribution in [0.25, 0.3) is 10.8 Å². The van der Waals surface area contributed by atoms with Crippen LogP contribution in [0.15, 0.2) is 47.4 Å². The van der Waals surface area contributed by atoms with Crippen molar-refractivity contribution in [2.24, 2.45) is 5.92 Å². The minimum absolute atomic E-state index is 0.0257. The molecule has 3 rings (SSSR count). The minimum atomic E-state index is -4.16. The van der Waals surface area contributed by atoms with E-state index in [4.69, 9.17) is 4.74 Å². The predicted octanol–water partition coefficient (Wildman–Crippen LogP) is 0.340. The molecule has 1 fully saturated rings. The van der Waals surface area contributed by atoms with Gasteiger partial charge in [0.15, 0.2) is 11.4 Å². The fraction of sp³-hybridized carbons (Fsp3) is 0.455. The average Bonchev–Trinajstić information content (AvgIpc) is 3.57. The molecule has 0 aliphatic carbocycles. The molecule has 10 heteroatoms. The van der Waals surface area contributed by atoms with Gasteiger partial charge in [-0.25, -0.2) is 8.42 Å². The summed E-state index contributed by atoms with van der Waals surface area (Å²) in [5.41, 5.74) is -1.33. The van der Waals surface area contributed by atoms with Crippen molar-refractivity contribution < 1.29 is 33.0 Å². The van der Waals surface area contributed by atoms with E-state index in [1.54, 1.807) is 36.4 Å². The number of benzene rings is 2. The molecule has 1 aliphatic heterocycles. The first-order chi connectivity index (χ1) is 15.1. The Hall–Kier alpha value is -2.37. The molecule has 9 nitrogen and oxygen atoms in total. The number of hydrogen-bond acceptors (Lipinski definition) is 7. The van der Waals surface area contributed by atoms with E-state index in [0.717, 1.165) is 0 Å². The number of amides is 1. The molecule has 174 valence electrons. The van der Waals surface area contributed by atoms with Crippen LogP contribution in [-0.2, 0) is 24.3 Å². The van der Waals surface area contributed by atoms with E-state index in [9.17, 15) is 28.2 Å². The second kappa shape index (κ2) is 9.63. The van der Waals surface area contributed by atoms with Crippen LogP contribution in [0.3, 0.4) is 0 Å². The number of nitrogens with one attached hydrogen (secondary N) is 2. The van der Waals surface area contributed by atoms with Crippen LogP contribution < -0.4 is 10.0 Å². The fourth-order valence-electron chi connectivity index (χ4n) is 3.55. The fourth-order valence-corrected chi connectivity index (χ4v) is 4.96. The quantitative estimate of drug-likeness (QED) is 0.351. The number of aliphatic hydroxyl groups is 2. The Bertz CT molecular complexity index is 1090. The third-order valence-electron chi connectivity index (χ3n) is 5.37. The van der Waals surface area contributed by atoms with Gasteiger partial charge in [-0.05, 0) is 23.8 Å². The zero-order valence-electron chi connectivity index (χ0n) is 17.9. The van der Waals surface area contributed by atoms with E-state index in [1.165, 1.54) is 6.07 Å². The van der Waals surface area contributed by atoms with Gasteiger partial charge in [-0.15, -0.1) is 0 Å². The van der Waals surface area contributed by atoms with Crippen molar-refractivity contribution in [1.29, 1.82) is 0 Å². The topological polar surface area (TPSA) is 145 Å². The van der Waals surface area contributed by atoms with Gasteiger partial charge >= 0.3 is 0 Å². The van der Waals surface area contributed by atoms with Crippen LogP contribution in [0.2, 0.25) is 0 Å². The SMILES string of the molecule is CC(C)CC(NC(=O)[C@H](CO)NS(=O)(=O)c1cccc2ccccc12)C(=O)C1(CO)CO1. The minimum Gasteiger partial charge on any atom is -0.394 e. The van der Waals surface area contributed by atoms with Crippen molar-refractivity contribution in [3.8, 4) is 0 Å². The maximum atomic E-state index is 13.0. The van der Waals surface area contributed by atoms with Crippen molar-refractivity contribution in [3.63, 3.8) is 0 Å². The van der Waals surface area contributed by atoms with E-state index in [0.29, 0.717) is 10.8 Å². The van der Waals surface area contributed by atoms with E-state index in [-0.39, 0.29) is 23.8 Å². The average molecular weight is 465 g/mol. The highest BCUT2D eigenvalue weighted by atomic mass is 32.2. The molecule has 2 aromatic carbocycles. The molecule has 0 spiro atoms. The molecule has 0 saturated carbocycles. The molecule has 1 aliphatic rings. The highest BCUT2D eigenvalue weighted by Crippen LogP contribution is 2.30. The van der Waals surface area contributed by atoms with Gasteiger partial charge in [0, 0.05) is 5.39 Å². The van der Waals surface area contributed by atoms with Crippen molar-refractivity contribution in [3.05, 3.63) is 42.5 Å². The lowest BCUT2D eigenvalue weighted by Gasteiger charge is -2.24. The van der Waals surface area contributed by atoms with Gasteiger partial charge in [-0.3, -0.25) is 9.59 Å². The lowest BCUT2D eigenvalue weighted by atomic mass is 9.92. The summed E-state index contributed by atoms with van der Waals surface area (Å²) in [6, 6.07) is 9.18. The molecule has 0 aromatic heterocycles. The standard InChI is InChI=1S/C22H28N2O7S/c1-14(2)10-17(20(27)22(12-26)13-31-22)23-21(28)18(11-25)24-32(29,30)19-9-5-7-15-6-3-4-8-16(15)19/h3-9,14,17-18,24-26H,10-13H2,1-2H3,(H,23,28)/t17?,18-,22?/m0/s1. The Morgan fingerprint density at radius 3 is 2.34 bits per heavy atom. The molecule has 32 heavy (non-hydrogen) atoms. The molecular weight excluding hydrogens is 436 g/mol. The summed E-state index contributed by atoms with van der Waals surface area (Å²) in [5.74, 6) is -1.29. The number of Topliss-reactive ketones (excluding diaryl/α,β-unsaturated/α-hetero) is 1. The Morgan fingerprint density at radius 1 is 1.09 bits per heavy atom. The molecule has 3 atom stereocenters. The van der Waals surface area contributed by atoms with Crippen LogP contribution in [0, 0.1) is 5.92 Å². The highest BCUT2D eigenvalue weighted by Gasteiger charge is 2.54. The maximum absolute atomic E-state index is 13.0. The number of aliphatic hydroxyl groups excluding tert-OH is 2. The summed E-state index contributed by atoms with van der Waals surface area (Å²) in [4.78, 5) is 25.6. The third kappa shape index (κ3) is 5.16. The summed E-state index contributed by atoms with van der Waals surface area (Å²) < 4.78 is 33.4. The van der Waals surface area contributed by atoms with Crippen molar-refractivity contribution >= 4 is 32.5 Å². The molecule has 4 N–H and O–H groups in total. The first-order valence-corrected chi connectivity index (χ1v) is 11.8. The van der Waals surface area contributed by atoms with Gasteiger partial charge in [0.25, 0.3) is 0 Å². The van der Waals surface area contributed by atoms with Crippen LogP contribution in [0.4, 0.5) is 0 Å². The number of hydrogen-bond donors (Lipinski definition) is 4. The largest absolute Gasteiger partial charge is 0.394 e. The molecule has 2 unspecified atom stereocenters. The molecular formula is C22H28N2O7S. The van der Waals surface area contributed by atoms with Gasteiger partial charge in [0.05, 0.1) is 30.8 Å². The molecule has 1 amide bonds. The summed E-state index contributed by atoms with van der Waals surface area (Å²) >= 11 is 0. The second-order valence-corrected chi connectivity index (χ2v) is 10.0. The Morgan fingerprint density at radius 2 is 1.75 bits per heavy atom. The van der Waals surface area contributed by atoms with E-state index >= 15 is 0 Å². The predicted molar refractivity (Wildman–Crippen MR) is 117 cm³/mol. The number of fused-ring (bicyclic) bond motifs is 1. The molecule has 1 heterocycles. The molecule has 2 aromatic rings. The lowest BCUT2D eigenvalue weighted by molar-refractivity contribution is -0.133. The summed E-state index contributed by atoms with van der Waals surface area (Å²) in [5, 5.41) is 22.9. The van der Waals surface area contributed by atoms with Gasteiger partial charge in [-0.1, -0.05) is 50.2 Å². The number of rotatable bonds is 11. The number of carbonyl (C=O) groups excluding carboxylic acids is 2. The van der Waals surface area contributed by atoms with Crippen molar-refractivity contribution in [1.82, 2.24) is 10.0 Å². The molecule has 0 radical (unpaired) electrons. The maximum Gasteiger partial charge on any atom is 0.241 e. The van der Waals surface area contributed by atoms with Gasteiger partial charge in [0.1, 0.15) is 6.04 Å². The highest BCUT2D eigenvalue weighted by molar-refractivity contribution is 7.89. The van der Waals surface area contributed by atoms with Crippen molar-refractivity contribution in [2.75, 3.05) is 19.8 Å².